The Kier molecular flexibility index (Phi) is 7.46. The van der Waals surface area contributed by atoms with Crippen LogP contribution < -0.4 is 16.2 Å². The van der Waals surface area contributed by atoms with Crippen molar-refractivity contribution in [3.8, 4) is 5.75 Å². The fourth-order valence-corrected chi connectivity index (χ4v) is 2.80. The van der Waals surface area contributed by atoms with Gasteiger partial charge in [0.05, 0.1) is 13.2 Å². The number of hydrogen-bond donors (Lipinski definition) is 2. The van der Waals surface area contributed by atoms with Gasteiger partial charge in [0, 0.05) is 6.42 Å². The number of aliphatic imine (C=N–C) groups is 2. The Labute approximate surface area is 166 Å². The first-order chi connectivity index (χ1) is 11.6. The number of nitrogens with zero attached hydrogens (tertiary/aromatic N) is 3. The molecule has 1 aromatic carbocycles. The van der Waals surface area contributed by atoms with Gasteiger partial charge in [-0.25, -0.2) is 4.99 Å². The largest absolute Gasteiger partial charge is 0.493 e. The molecule has 7 nitrogen and oxygen atoms in total. The molecule has 0 saturated heterocycles. The van der Waals surface area contributed by atoms with E-state index in [1.54, 1.807) is 0 Å². The summed E-state index contributed by atoms with van der Waals surface area (Å²) in [4.78, 5) is 13.9. The molecule has 4 N–H and O–H groups in total. The number of hydroxylamine groups is 2. The Morgan fingerprint density at radius 2 is 1.62 bits per heavy atom. The fourth-order valence-electron chi connectivity index (χ4n) is 2.80. The van der Waals surface area contributed by atoms with Gasteiger partial charge in [-0.3, -0.25) is 4.84 Å². The maximum atomic E-state index is 6.01. The molecule has 0 fully saturated rings. The Balaban J connectivity index is 0.00000338. The minimum absolute atomic E-state index is 0. The number of rotatable bonds is 6. The average Bonchev–Trinajstić information content (AvgIpc) is 2.49. The summed E-state index contributed by atoms with van der Waals surface area (Å²) in [5.74, 6) is 1.33. The van der Waals surface area contributed by atoms with Crippen LogP contribution in [0.3, 0.4) is 0 Å². The van der Waals surface area contributed by atoms with Gasteiger partial charge in [-0.1, -0.05) is 6.07 Å². The third-order valence-electron chi connectivity index (χ3n) is 4.38. The number of benzene rings is 1. The van der Waals surface area contributed by atoms with E-state index in [9.17, 15) is 0 Å². The van der Waals surface area contributed by atoms with Crippen molar-refractivity contribution in [1.29, 1.82) is 0 Å². The molecule has 0 amide bonds. The molecule has 1 aromatic rings. The van der Waals surface area contributed by atoms with Gasteiger partial charge in [-0.2, -0.15) is 10.1 Å². The van der Waals surface area contributed by atoms with Crippen LogP contribution in [0.2, 0.25) is 0 Å². The van der Waals surface area contributed by atoms with Gasteiger partial charge in [0.1, 0.15) is 5.75 Å². The maximum absolute atomic E-state index is 6.01. The van der Waals surface area contributed by atoms with E-state index in [1.807, 2.05) is 13.8 Å². The number of aryl methyl sites for hydroxylation is 2. The lowest BCUT2D eigenvalue weighted by Crippen LogP contribution is -2.53. The molecule has 26 heavy (non-hydrogen) atoms. The van der Waals surface area contributed by atoms with Crippen molar-refractivity contribution in [3.63, 3.8) is 0 Å². The summed E-state index contributed by atoms with van der Waals surface area (Å²) in [6.45, 7) is 13.1. The van der Waals surface area contributed by atoms with E-state index < -0.39 is 5.66 Å². The topological polar surface area (TPSA) is 98.5 Å². The minimum Gasteiger partial charge on any atom is -0.493 e. The predicted molar refractivity (Wildman–Crippen MR) is 111 cm³/mol. The van der Waals surface area contributed by atoms with Gasteiger partial charge in [0.15, 0.2) is 5.66 Å². The molecule has 1 aliphatic rings. The normalized spacial score (nSPS) is 15.8. The highest BCUT2D eigenvalue weighted by Gasteiger charge is 2.32. The molecular weight excluding hydrogens is 398 g/mol. The molecule has 0 spiro atoms. The summed E-state index contributed by atoms with van der Waals surface area (Å²) in [7, 11) is 0. The van der Waals surface area contributed by atoms with Crippen molar-refractivity contribution in [3.05, 3.63) is 28.3 Å². The smallest absolute Gasteiger partial charge is 0.226 e. The molecule has 0 saturated carbocycles. The van der Waals surface area contributed by atoms with Crippen LogP contribution in [0.15, 0.2) is 16.1 Å². The molecule has 1 heterocycles. The summed E-state index contributed by atoms with van der Waals surface area (Å²) in [5, 5.41) is 1.48. The minimum atomic E-state index is -0.683. The summed E-state index contributed by atoms with van der Waals surface area (Å²) < 4.78 is 6.01. The maximum Gasteiger partial charge on any atom is 0.226 e. The van der Waals surface area contributed by atoms with Gasteiger partial charge in [0.25, 0.3) is 0 Å². The highest BCUT2D eigenvalue weighted by molar-refractivity contribution is 8.93. The van der Waals surface area contributed by atoms with Gasteiger partial charge in [0.2, 0.25) is 11.9 Å². The van der Waals surface area contributed by atoms with Crippen molar-refractivity contribution in [2.45, 2.75) is 53.6 Å². The quantitative estimate of drug-likeness (QED) is 0.679. The number of ether oxygens (including phenoxy) is 1. The molecule has 0 aromatic heterocycles. The standard InChI is InChI=1S/C18H29N5O2.BrH/c1-11-10-12(2)14(4)15(13(11)3)24-8-7-9-25-23-17(20)21-16(19)22-18(23,5)6;/h10H,7-9H2,1-6H3,(H4,19,20,21,22);1H. The Morgan fingerprint density at radius 1 is 1.04 bits per heavy atom. The van der Waals surface area contributed by atoms with Crippen molar-refractivity contribution in [2.24, 2.45) is 21.5 Å². The molecule has 0 aliphatic carbocycles. The van der Waals surface area contributed by atoms with Crippen LogP contribution in [-0.2, 0) is 4.84 Å². The first-order valence-electron chi connectivity index (χ1n) is 8.46. The highest BCUT2D eigenvalue weighted by atomic mass is 79.9. The second kappa shape index (κ2) is 8.73. The molecule has 0 bridgehead atoms. The number of guanidine groups is 2. The molecular formula is C18H30BrN5O2. The van der Waals surface area contributed by atoms with Crippen LogP contribution in [0, 0.1) is 27.7 Å². The van der Waals surface area contributed by atoms with Crippen LogP contribution >= 0.6 is 17.0 Å². The summed E-state index contributed by atoms with van der Waals surface area (Å²) in [6.07, 6.45) is 0.713. The molecule has 146 valence electrons. The van der Waals surface area contributed by atoms with E-state index in [1.165, 1.54) is 27.3 Å². The third kappa shape index (κ3) is 4.88. The first kappa shape index (κ1) is 22.2. The summed E-state index contributed by atoms with van der Waals surface area (Å²) in [5.41, 5.74) is 15.7. The van der Waals surface area contributed by atoms with Crippen LogP contribution in [0.25, 0.3) is 0 Å². The van der Waals surface area contributed by atoms with Crippen LogP contribution in [0.5, 0.6) is 5.75 Å². The second-order valence-corrected chi connectivity index (χ2v) is 6.85. The van der Waals surface area contributed by atoms with Crippen molar-refractivity contribution < 1.29 is 9.57 Å². The Bertz CT molecular complexity index is 690. The lowest BCUT2D eigenvalue weighted by molar-refractivity contribution is -0.158. The van der Waals surface area contributed by atoms with E-state index in [4.69, 9.17) is 21.0 Å². The molecule has 1 aliphatic heterocycles. The van der Waals surface area contributed by atoms with Crippen LogP contribution in [0.1, 0.15) is 42.5 Å². The van der Waals surface area contributed by atoms with Crippen molar-refractivity contribution in [1.82, 2.24) is 5.06 Å². The van der Waals surface area contributed by atoms with Crippen LogP contribution in [-0.4, -0.2) is 35.9 Å². The first-order valence-corrected chi connectivity index (χ1v) is 8.46. The zero-order valence-electron chi connectivity index (χ0n) is 16.4. The SMILES string of the molecule is Br.Cc1cc(C)c(C)c(OCCCON2C(N)=NC(N)=NC2(C)C)c1C. The second-order valence-electron chi connectivity index (χ2n) is 6.85. The zero-order chi connectivity index (χ0) is 18.8. The van der Waals surface area contributed by atoms with E-state index in [0.717, 1.165) is 5.75 Å². The van der Waals surface area contributed by atoms with Gasteiger partial charge < -0.3 is 16.2 Å². The average molecular weight is 428 g/mol. The third-order valence-corrected chi connectivity index (χ3v) is 4.38. The molecule has 0 atom stereocenters. The highest BCUT2D eigenvalue weighted by Crippen LogP contribution is 2.29. The number of halogens is 1. The van der Waals surface area contributed by atoms with Gasteiger partial charge in [-0.15, -0.1) is 17.0 Å². The van der Waals surface area contributed by atoms with Gasteiger partial charge >= 0.3 is 0 Å². The molecule has 2 rings (SSSR count). The number of nitrogens with two attached hydrogens (primary N) is 2. The monoisotopic (exact) mass is 427 g/mol. The lowest BCUT2D eigenvalue weighted by Gasteiger charge is -2.36. The fraction of sp³-hybridized carbons (Fsp3) is 0.556. The van der Waals surface area contributed by atoms with Crippen molar-refractivity contribution >= 4 is 28.9 Å². The zero-order valence-corrected chi connectivity index (χ0v) is 18.1. The predicted octanol–water partition coefficient (Wildman–Crippen LogP) is 2.88. The number of hydrogen-bond acceptors (Lipinski definition) is 7. The van der Waals surface area contributed by atoms with E-state index in [0.29, 0.717) is 19.6 Å². The van der Waals surface area contributed by atoms with E-state index in [-0.39, 0.29) is 28.9 Å². The Morgan fingerprint density at radius 3 is 2.15 bits per heavy atom. The van der Waals surface area contributed by atoms with Gasteiger partial charge in [-0.05, 0) is 63.8 Å². The van der Waals surface area contributed by atoms with E-state index in [2.05, 4.69) is 43.7 Å². The molecule has 0 unspecified atom stereocenters. The van der Waals surface area contributed by atoms with Crippen molar-refractivity contribution in [2.75, 3.05) is 13.2 Å². The van der Waals surface area contributed by atoms with E-state index >= 15 is 0 Å². The van der Waals surface area contributed by atoms with Crippen LogP contribution in [0.4, 0.5) is 0 Å². The summed E-state index contributed by atoms with van der Waals surface area (Å²) >= 11 is 0. The lowest BCUT2D eigenvalue weighted by atomic mass is 10.0. The Hall–Kier alpha value is -1.80. The molecule has 0 radical (unpaired) electrons. The molecule has 8 heteroatoms. The summed E-state index contributed by atoms with van der Waals surface area (Å²) in [6, 6.07) is 2.19.